The number of carbonyl (C=O) groups excluding carboxylic acids is 2. The van der Waals surface area contributed by atoms with Crippen LogP contribution >= 0.6 is 11.3 Å². The van der Waals surface area contributed by atoms with E-state index >= 15 is 0 Å². The molecule has 0 bridgehead atoms. The van der Waals surface area contributed by atoms with E-state index in [-0.39, 0.29) is 20.7 Å². The van der Waals surface area contributed by atoms with Crippen LogP contribution in [0.25, 0.3) is 0 Å². The molecule has 13 nitrogen and oxygen atoms in total. The monoisotopic (exact) mass is 508 g/mol. The number of benzene rings is 2. The Labute approximate surface area is 196 Å². The van der Waals surface area contributed by atoms with Crippen molar-refractivity contribution in [3.05, 3.63) is 64.3 Å². The molecule has 178 valence electrons. The number of aromatic hydroxyl groups is 1. The molecule has 3 N–H and O–H groups in total. The first-order valence-electron chi connectivity index (χ1n) is 9.16. The zero-order valence-electron chi connectivity index (χ0n) is 17.3. The number of sulfonamides is 1. The van der Waals surface area contributed by atoms with Gasteiger partial charge < -0.3 is 14.6 Å². The van der Waals surface area contributed by atoms with Crippen molar-refractivity contribution in [2.75, 3.05) is 23.8 Å². The van der Waals surface area contributed by atoms with Gasteiger partial charge in [-0.2, -0.15) is 0 Å². The molecular weight excluding hydrogens is 492 g/mol. The molecule has 1 amide bonds. The Morgan fingerprint density at radius 2 is 1.91 bits per heavy atom. The van der Waals surface area contributed by atoms with Crippen molar-refractivity contribution < 1.29 is 37.5 Å². The maximum atomic E-state index is 12.7. The third-order valence-corrected chi connectivity index (χ3v) is 6.34. The number of nitrogens with zero attached hydrogens (tertiary/aromatic N) is 2. The summed E-state index contributed by atoms with van der Waals surface area (Å²) in [4.78, 5) is 37.5. The molecule has 0 radical (unpaired) electrons. The van der Waals surface area contributed by atoms with Crippen LogP contribution in [0.5, 0.6) is 11.5 Å². The van der Waals surface area contributed by atoms with Crippen molar-refractivity contribution >= 4 is 49.1 Å². The van der Waals surface area contributed by atoms with E-state index in [9.17, 15) is 33.2 Å². The fourth-order valence-electron chi connectivity index (χ4n) is 2.49. The number of esters is 1. The second-order valence-electron chi connectivity index (χ2n) is 6.40. The van der Waals surface area contributed by atoms with Crippen LogP contribution in [0, 0.1) is 10.1 Å². The second-order valence-corrected chi connectivity index (χ2v) is 9.09. The van der Waals surface area contributed by atoms with Crippen LogP contribution in [-0.2, 0) is 19.6 Å². The number of hydrogen-bond donors (Lipinski definition) is 3. The van der Waals surface area contributed by atoms with Crippen molar-refractivity contribution in [3.8, 4) is 11.5 Å². The minimum absolute atomic E-state index is 0.0757. The Balaban J connectivity index is 1.67. The fraction of sp³-hybridized carbons (Fsp3) is 0.105. The maximum absolute atomic E-state index is 12.7. The van der Waals surface area contributed by atoms with Gasteiger partial charge >= 0.3 is 11.0 Å². The largest absolute Gasteiger partial charge is 0.507 e. The third kappa shape index (κ3) is 5.96. The number of hydrogen-bond acceptors (Lipinski definition) is 11. The molecule has 0 saturated heterocycles. The van der Waals surface area contributed by atoms with Crippen molar-refractivity contribution in [1.29, 1.82) is 0 Å². The lowest BCUT2D eigenvalue weighted by molar-refractivity contribution is -0.380. The number of anilines is 2. The highest BCUT2D eigenvalue weighted by atomic mass is 32.2. The van der Waals surface area contributed by atoms with E-state index in [1.165, 1.54) is 19.2 Å². The smallest absolute Gasteiger partial charge is 0.345 e. The van der Waals surface area contributed by atoms with Crippen LogP contribution in [0.15, 0.2) is 53.6 Å². The quantitative estimate of drug-likeness (QED) is 0.220. The van der Waals surface area contributed by atoms with Gasteiger partial charge in [0.2, 0.25) is 0 Å². The first-order valence-corrected chi connectivity index (χ1v) is 11.5. The van der Waals surface area contributed by atoms with Gasteiger partial charge in [0.05, 0.1) is 16.9 Å². The van der Waals surface area contributed by atoms with E-state index in [2.05, 4.69) is 15.0 Å². The number of carbonyl (C=O) groups is 2. The van der Waals surface area contributed by atoms with E-state index in [1.54, 1.807) is 12.1 Å². The molecule has 34 heavy (non-hydrogen) atoms. The molecule has 1 heterocycles. The summed E-state index contributed by atoms with van der Waals surface area (Å²) in [5.74, 6) is -2.06. The van der Waals surface area contributed by atoms with Crippen LogP contribution in [0.3, 0.4) is 0 Å². The van der Waals surface area contributed by atoms with E-state index in [0.29, 0.717) is 17.1 Å². The van der Waals surface area contributed by atoms with Crippen LogP contribution in [0.1, 0.15) is 10.4 Å². The molecule has 0 aliphatic heterocycles. The van der Waals surface area contributed by atoms with Crippen molar-refractivity contribution in [2.45, 2.75) is 4.90 Å². The predicted octanol–water partition coefficient (Wildman–Crippen LogP) is 2.36. The van der Waals surface area contributed by atoms with Crippen LogP contribution in [0.4, 0.5) is 15.8 Å². The van der Waals surface area contributed by atoms with E-state index in [4.69, 9.17) is 9.47 Å². The normalized spacial score (nSPS) is 10.9. The third-order valence-electron chi connectivity index (χ3n) is 4.09. The fourth-order valence-corrected chi connectivity index (χ4v) is 4.22. The van der Waals surface area contributed by atoms with Crippen LogP contribution in [-0.4, -0.2) is 49.0 Å². The molecule has 0 saturated carbocycles. The molecule has 15 heteroatoms. The van der Waals surface area contributed by atoms with Crippen LogP contribution in [0.2, 0.25) is 0 Å². The average Bonchev–Trinajstić information content (AvgIpc) is 3.26. The predicted molar refractivity (Wildman–Crippen MR) is 120 cm³/mol. The number of amides is 1. The minimum Gasteiger partial charge on any atom is -0.507 e. The lowest BCUT2D eigenvalue weighted by Crippen LogP contribution is -2.21. The number of nitrogens with one attached hydrogen (secondary N) is 2. The molecule has 0 aliphatic carbocycles. The lowest BCUT2D eigenvalue weighted by Gasteiger charge is -2.11. The highest BCUT2D eigenvalue weighted by Crippen LogP contribution is 2.26. The Kier molecular flexibility index (Phi) is 7.28. The molecular formula is C19H16N4O9S2. The number of methoxy groups -OCH3 is 1. The SMILES string of the molecule is COc1ccc(NS(=O)(=O)c2ccc(O)c(C(=O)OCC(=O)Nc3ncc([N+](=O)[O-])s3)c2)cc1. The molecule has 0 fully saturated rings. The summed E-state index contributed by atoms with van der Waals surface area (Å²) in [7, 11) is -2.67. The molecule has 0 aliphatic rings. The first kappa shape index (κ1) is 24.4. The zero-order valence-corrected chi connectivity index (χ0v) is 18.9. The Bertz CT molecular complexity index is 1340. The summed E-state index contributed by atoms with van der Waals surface area (Å²) in [5, 5.41) is 22.5. The molecule has 1 aromatic heterocycles. The number of thiazole rings is 1. The number of phenols is 1. The number of aromatic nitrogens is 1. The van der Waals surface area contributed by atoms with Gasteiger partial charge in [-0.1, -0.05) is 0 Å². The van der Waals surface area contributed by atoms with Crippen molar-refractivity contribution in [1.82, 2.24) is 4.98 Å². The highest BCUT2D eigenvalue weighted by molar-refractivity contribution is 7.92. The standard InChI is InChI=1S/C19H16N4O9S2/c1-31-12-4-2-11(3-5-12)22-34(29,30)13-6-7-15(24)14(8-13)18(26)32-10-16(25)21-19-20-9-17(33-19)23(27)28/h2-9,22,24H,10H2,1H3,(H,20,21,25). The van der Waals surface area contributed by atoms with Gasteiger partial charge in [-0.25, -0.2) is 18.2 Å². The van der Waals surface area contributed by atoms with Crippen molar-refractivity contribution in [2.24, 2.45) is 0 Å². The first-order chi connectivity index (χ1) is 16.1. The summed E-state index contributed by atoms with van der Waals surface area (Å²) in [5.41, 5.74) is -0.257. The lowest BCUT2D eigenvalue weighted by atomic mass is 10.2. The Morgan fingerprint density at radius 3 is 2.53 bits per heavy atom. The molecule has 2 aromatic carbocycles. The van der Waals surface area contributed by atoms with Gasteiger partial charge in [-0.15, -0.1) is 0 Å². The summed E-state index contributed by atoms with van der Waals surface area (Å²) in [6.45, 7) is -0.813. The van der Waals surface area contributed by atoms with Gasteiger partial charge in [0.1, 0.15) is 23.3 Å². The van der Waals surface area contributed by atoms with Gasteiger partial charge in [0.25, 0.3) is 15.9 Å². The minimum atomic E-state index is -4.13. The van der Waals surface area contributed by atoms with Gasteiger partial charge in [-0.05, 0) is 53.8 Å². The maximum Gasteiger partial charge on any atom is 0.345 e. The summed E-state index contributed by atoms with van der Waals surface area (Å²) in [6, 6.07) is 9.02. The number of nitro groups is 1. The van der Waals surface area contributed by atoms with E-state index < -0.39 is 44.7 Å². The zero-order chi connectivity index (χ0) is 24.9. The van der Waals surface area contributed by atoms with Gasteiger partial charge in [-0.3, -0.25) is 24.9 Å². The van der Waals surface area contributed by atoms with E-state index in [0.717, 1.165) is 24.4 Å². The molecule has 3 rings (SSSR count). The topological polar surface area (TPSA) is 187 Å². The number of phenolic OH excluding ortho intramolecular Hbond substituents is 1. The van der Waals surface area contributed by atoms with Gasteiger partial charge in [0, 0.05) is 5.69 Å². The van der Waals surface area contributed by atoms with Crippen molar-refractivity contribution in [3.63, 3.8) is 0 Å². The van der Waals surface area contributed by atoms with Gasteiger partial charge in [0.15, 0.2) is 11.7 Å². The van der Waals surface area contributed by atoms with Crippen LogP contribution < -0.4 is 14.8 Å². The summed E-state index contributed by atoms with van der Waals surface area (Å²) < 4.78 is 37.5. The highest BCUT2D eigenvalue weighted by Gasteiger charge is 2.21. The summed E-state index contributed by atoms with van der Waals surface area (Å²) in [6.07, 6.45) is 0.955. The number of rotatable bonds is 9. The second kappa shape index (κ2) is 10.1. The van der Waals surface area contributed by atoms with E-state index in [1.807, 2.05) is 0 Å². The summed E-state index contributed by atoms with van der Waals surface area (Å²) >= 11 is 0.606. The Hall–Kier alpha value is -4.24. The molecule has 0 spiro atoms. The molecule has 0 atom stereocenters. The Morgan fingerprint density at radius 1 is 1.21 bits per heavy atom. The molecule has 0 unspecified atom stereocenters. The molecule has 3 aromatic rings. The average molecular weight is 508 g/mol. The number of ether oxygens (including phenoxy) is 2.